The maximum Gasteiger partial charge on any atom is 0.407 e. The first-order chi connectivity index (χ1) is 32.4. The Hall–Kier alpha value is -6.87. The smallest absolute Gasteiger partial charge is 0.407 e. The molecule has 0 unspecified atom stereocenters. The Kier molecular flexibility index (Phi) is 12.3. The van der Waals surface area contributed by atoms with Crippen LogP contribution < -0.4 is 5.32 Å². The third-order valence-electron chi connectivity index (χ3n) is 14.3. The third kappa shape index (κ3) is 8.43. The quantitative estimate of drug-likeness (QED) is 0.0468. The van der Waals surface area contributed by atoms with Crippen molar-refractivity contribution in [2.45, 2.75) is 100 Å². The number of ether oxygens (including phenoxy) is 1. The Morgan fingerprint density at radius 3 is 2.00 bits per heavy atom. The number of alkyl carbamates (subject to hydrolysis) is 1. The number of aliphatic imine (C=N–C) groups is 1. The molecule has 2 aliphatic heterocycles. The van der Waals surface area contributed by atoms with E-state index in [-0.39, 0.29) is 36.0 Å². The van der Waals surface area contributed by atoms with E-state index in [0.29, 0.717) is 23.0 Å². The van der Waals surface area contributed by atoms with Crippen molar-refractivity contribution in [1.29, 1.82) is 0 Å². The summed E-state index contributed by atoms with van der Waals surface area (Å²) in [6.07, 6.45) is 14.2. The van der Waals surface area contributed by atoms with E-state index in [4.69, 9.17) is 29.5 Å². The van der Waals surface area contributed by atoms with Gasteiger partial charge < -0.3 is 34.7 Å². The fourth-order valence-corrected chi connectivity index (χ4v) is 11.2. The molecule has 8 atom stereocenters. The van der Waals surface area contributed by atoms with Gasteiger partial charge in [-0.05, 0) is 78.7 Å². The van der Waals surface area contributed by atoms with Crippen LogP contribution in [0.3, 0.4) is 0 Å². The average Bonchev–Trinajstić information content (AvgIpc) is 4.18. The summed E-state index contributed by atoms with van der Waals surface area (Å²) in [4.78, 5) is 81.9. The van der Waals surface area contributed by atoms with Crippen molar-refractivity contribution in [1.82, 2.24) is 40.0 Å². The number of methoxy groups -OCH3 is 1. The van der Waals surface area contributed by atoms with Crippen LogP contribution in [0.2, 0.25) is 0 Å². The van der Waals surface area contributed by atoms with Crippen LogP contribution in [-0.4, -0.2) is 85.3 Å². The van der Waals surface area contributed by atoms with Crippen molar-refractivity contribution in [3.05, 3.63) is 126 Å². The van der Waals surface area contributed by atoms with Crippen LogP contribution in [0.15, 0.2) is 108 Å². The Bertz CT molecular complexity index is 2690. The van der Waals surface area contributed by atoms with Crippen molar-refractivity contribution in [2.75, 3.05) is 14.2 Å². The molecule has 5 heterocycles. The molecule has 0 bridgehead atoms. The Morgan fingerprint density at radius 2 is 1.33 bits per heavy atom. The number of nitrogens with one attached hydrogen (secondary N) is 3. The predicted molar refractivity (Wildman–Crippen MR) is 247 cm³/mol. The highest BCUT2D eigenvalue weighted by Gasteiger charge is 2.49. The molecule has 3 aromatic carbocycles. The molecule has 0 radical (unpaired) electrons. The number of aromatic nitrogens is 5. The highest BCUT2D eigenvalue weighted by molar-refractivity contribution is 5.88. The average molecular weight is 890 g/mol. The summed E-state index contributed by atoms with van der Waals surface area (Å²) in [7, 11) is 2.71. The number of carbonyl (C=O) groups excluding carboxylic acids is 3. The summed E-state index contributed by atoms with van der Waals surface area (Å²) in [5.74, 6) is 1.93. The number of hydrogen-bond donors (Lipinski definition) is 3. The molecule has 340 valence electrons. The molecule has 15 nitrogen and oxygen atoms in total. The van der Waals surface area contributed by atoms with E-state index in [1.165, 1.54) is 20.6 Å². The second-order valence-electron chi connectivity index (χ2n) is 18.0. The minimum absolute atomic E-state index is 0.0592. The number of hydrogen-bond acceptors (Lipinski definition) is 10. The highest BCUT2D eigenvalue weighted by Crippen LogP contribution is 2.49. The molecule has 15 heteroatoms. The number of likely N-dealkylation sites (tertiary alicyclic amines) is 2. The zero-order valence-corrected chi connectivity index (χ0v) is 37.2. The van der Waals surface area contributed by atoms with Gasteiger partial charge >= 0.3 is 6.09 Å². The molecular formula is C51H55N9O6. The lowest BCUT2D eigenvalue weighted by atomic mass is 9.84. The van der Waals surface area contributed by atoms with Gasteiger partial charge in [-0.3, -0.25) is 9.59 Å². The van der Waals surface area contributed by atoms with Crippen LogP contribution in [0.4, 0.5) is 4.79 Å². The van der Waals surface area contributed by atoms with Crippen molar-refractivity contribution in [2.24, 2.45) is 16.8 Å². The van der Waals surface area contributed by atoms with E-state index >= 15 is 0 Å². The summed E-state index contributed by atoms with van der Waals surface area (Å²) >= 11 is 0. The van der Waals surface area contributed by atoms with Gasteiger partial charge in [-0.1, -0.05) is 111 Å². The molecule has 4 aliphatic rings. The van der Waals surface area contributed by atoms with Gasteiger partial charge in [-0.25, -0.2) is 24.7 Å². The zero-order chi connectivity index (χ0) is 45.1. The molecule has 2 saturated carbocycles. The largest absolute Gasteiger partial charge is 0.453 e. The molecular weight excluding hydrogens is 835 g/mol. The second kappa shape index (κ2) is 18.9. The fourth-order valence-electron chi connectivity index (χ4n) is 11.2. The molecule has 0 spiro atoms. The van der Waals surface area contributed by atoms with Crippen LogP contribution in [0.25, 0.3) is 33.5 Å². The van der Waals surface area contributed by atoms with Gasteiger partial charge in [0.2, 0.25) is 6.40 Å². The van der Waals surface area contributed by atoms with Crippen LogP contribution in [0.5, 0.6) is 0 Å². The summed E-state index contributed by atoms with van der Waals surface area (Å²) in [6.45, 7) is 0. The number of carbonyl (C=O) groups is 3. The van der Waals surface area contributed by atoms with E-state index < -0.39 is 18.2 Å². The topological polar surface area (TPSA) is 180 Å². The number of rotatable bonds is 12. The van der Waals surface area contributed by atoms with Crippen LogP contribution >= 0.6 is 0 Å². The number of benzene rings is 3. The number of pyridine rings is 1. The molecule has 2 saturated heterocycles. The van der Waals surface area contributed by atoms with Gasteiger partial charge in [0.25, 0.3) is 11.8 Å². The van der Waals surface area contributed by atoms with Crippen LogP contribution in [0.1, 0.15) is 111 Å². The van der Waals surface area contributed by atoms with Gasteiger partial charge in [0.1, 0.15) is 17.7 Å². The highest BCUT2D eigenvalue weighted by atomic mass is 17.2. The first-order valence-corrected chi connectivity index (χ1v) is 23.2. The van der Waals surface area contributed by atoms with Crippen LogP contribution in [0, 0.1) is 11.8 Å². The number of amides is 3. The summed E-state index contributed by atoms with van der Waals surface area (Å²) < 4.78 is 4.95. The van der Waals surface area contributed by atoms with E-state index in [1.54, 1.807) is 0 Å². The van der Waals surface area contributed by atoms with Crippen molar-refractivity contribution >= 4 is 35.5 Å². The van der Waals surface area contributed by atoms with E-state index in [2.05, 4.69) is 50.6 Å². The Morgan fingerprint density at radius 1 is 0.712 bits per heavy atom. The lowest BCUT2D eigenvalue weighted by Crippen LogP contribution is -2.47. The standard InChI is InChI=1S/C51H55N9O6/c1-64-51(63)57-45(34-15-7-4-8-16-34)50(62)59-40-19-11-9-17-35(40)26-42(59)47-53-29-39(56-47)32-23-21-31(22-24-32)37-25-38-46(52-28-37)58-48(55-38)43-27-36-18-10-12-20-41(36)60(43)49(61)44(54-30-66-65-2)33-13-5-3-6-14-33/h3-8,13-16,21-25,28-30,35-36,40-45H,9-12,17-20,26-27H2,1-2H3,(H,53,56)(H,57,63)(H,52,55,58)/t35-,36-,40-,41-,42+,43+,44-,45-/m1/s1. The molecule has 3 N–H and O–H groups in total. The van der Waals surface area contributed by atoms with Crippen molar-refractivity contribution in [3.63, 3.8) is 0 Å². The van der Waals surface area contributed by atoms with Crippen molar-refractivity contribution in [3.8, 4) is 22.4 Å². The number of imidazole rings is 2. The number of fused-ring (bicyclic) bond motifs is 3. The molecule has 2 aliphatic carbocycles. The molecule has 4 fully saturated rings. The molecule has 10 rings (SSSR count). The second-order valence-corrected chi connectivity index (χ2v) is 18.0. The number of H-pyrrole nitrogens is 2. The lowest BCUT2D eigenvalue weighted by Gasteiger charge is -2.36. The van der Waals surface area contributed by atoms with Gasteiger partial charge in [0.15, 0.2) is 11.7 Å². The lowest BCUT2D eigenvalue weighted by molar-refractivity contribution is -0.188. The van der Waals surface area contributed by atoms with Gasteiger partial charge in [0, 0.05) is 23.8 Å². The summed E-state index contributed by atoms with van der Waals surface area (Å²) in [5.41, 5.74) is 6.58. The van der Waals surface area contributed by atoms with Gasteiger partial charge in [-0.2, -0.15) is 4.89 Å². The van der Waals surface area contributed by atoms with E-state index in [1.807, 2.05) is 82.9 Å². The van der Waals surface area contributed by atoms with E-state index in [9.17, 15) is 14.4 Å². The van der Waals surface area contributed by atoms with E-state index in [0.717, 1.165) is 109 Å². The first-order valence-electron chi connectivity index (χ1n) is 23.2. The molecule has 66 heavy (non-hydrogen) atoms. The third-order valence-corrected chi connectivity index (χ3v) is 14.3. The summed E-state index contributed by atoms with van der Waals surface area (Å²) in [6, 6.07) is 27.2. The molecule has 3 aromatic heterocycles. The predicted octanol–water partition coefficient (Wildman–Crippen LogP) is 9.12. The fraction of sp³-hybridized carbons (Fsp3) is 0.392. The van der Waals surface area contributed by atoms with Crippen LogP contribution in [-0.2, 0) is 24.1 Å². The van der Waals surface area contributed by atoms with Crippen molar-refractivity contribution < 1.29 is 28.9 Å². The summed E-state index contributed by atoms with van der Waals surface area (Å²) in [5, 5.41) is 2.81. The Balaban J connectivity index is 0.891. The Labute approximate surface area is 383 Å². The van der Waals surface area contributed by atoms with Gasteiger partial charge in [0.05, 0.1) is 43.7 Å². The minimum Gasteiger partial charge on any atom is -0.453 e. The van der Waals surface area contributed by atoms with Gasteiger partial charge in [-0.15, -0.1) is 0 Å². The number of aromatic amines is 2. The first kappa shape index (κ1) is 43.0. The monoisotopic (exact) mass is 889 g/mol. The normalized spacial score (nSPS) is 23.6. The zero-order valence-electron chi connectivity index (χ0n) is 37.2. The minimum atomic E-state index is -0.892. The molecule has 6 aromatic rings. The molecule has 3 amide bonds. The maximum atomic E-state index is 14.7. The SMILES string of the molecule is COOC=N[C@@H](C(=O)N1[C@@H]2CCCC[C@@H]2C[C@H]1c1nc2ncc(-c3ccc(-c4cnc([C@@H]5C[C@H]6CCCC[C@H]6N5C(=O)[C@H](NC(=O)OC)c5ccccc5)[nH]4)cc3)cc2[nH]1)c1ccccc1. The maximum absolute atomic E-state index is 14.7. The number of nitrogens with zero attached hydrogens (tertiary/aromatic N) is 6.